The van der Waals surface area contributed by atoms with Gasteiger partial charge < -0.3 is 14.7 Å². The molecule has 2 fully saturated rings. The SMILES string of the molecule is O=C(N1CCCCC1)N1CCN(c2ccncc2)CC1. The van der Waals surface area contributed by atoms with Gasteiger partial charge in [0.25, 0.3) is 0 Å². The summed E-state index contributed by atoms with van der Waals surface area (Å²) in [6.45, 7) is 5.31. The fourth-order valence-corrected chi connectivity index (χ4v) is 3.00. The standard InChI is InChI=1S/C15H22N4O/c20-15(18-8-2-1-3-9-18)19-12-10-17(11-13-19)14-4-6-16-7-5-14/h4-7H,1-3,8-13H2. The van der Waals surface area contributed by atoms with Gasteiger partial charge in [-0.15, -0.1) is 0 Å². The van der Waals surface area contributed by atoms with Gasteiger partial charge in [0.05, 0.1) is 0 Å². The molecule has 0 bridgehead atoms. The minimum absolute atomic E-state index is 0.235. The number of rotatable bonds is 1. The van der Waals surface area contributed by atoms with Gasteiger partial charge in [-0.25, -0.2) is 4.79 Å². The number of carbonyl (C=O) groups excluding carboxylic acids is 1. The number of piperazine rings is 1. The van der Waals surface area contributed by atoms with Crippen LogP contribution in [0.15, 0.2) is 24.5 Å². The minimum atomic E-state index is 0.235. The lowest BCUT2D eigenvalue weighted by Crippen LogP contribution is -2.53. The van der Waals surface area contributed by atoms with Gasteiger partial charge >= 0.3 is 6.03 Å². The Hall–Kier alpha value is -1.78. The van der Waals surface area contributed by atoms with Crippen molar-refractivity contribution in [2.24, 2.45) is 0 Å². The number of likely N-dealkylation sites (tertiary alicyclic amines) is 1. The molecular formula is C15H22N4O. The summed E-state index contributed by atoms with van der Waals surface area (Å²) in [6, 6.07) is 4.30. The van der Waals surface area contributed by atoms with Crippen LogP contribution in [0, 0.1) is 0 Å². The van der Waals surface area contributed by atoms with E-state index in [1.165, 1.54) is 12.1 Å². The second kappa shape index (κ2) is 6.11. The monoisotopic (exact) mass is 274 g/mol. The fraction of sp³-hybridized carbons (Fsp3) is 0.600. The van der Waals surface area contributed by atoms with E-state index in [2.05, 4.69) is 9.88 Å². The third kappa shape index (κ3) is 2.86. The number of amides is 2. The van der Waals surface area contributed by atoms with Crippen LogP contribution in [0.1, 0.15) is 19.3 Å². The van der Waals surface area contributed by atoms with Crippen molar-refractivity contribution in [2.75, 3.05) is 44.2 Å². The molecule has 3 heterocycles. The van der Waals surface area contributed by atoms with Gasteiger partial charge in [0, 0.05) is 57.3 Å². The van der Waals surface area contributed by atoms with Crippen molar-refractivity contribution in [2.45, 2.75) is 19.3 Å². The van der Waals surface area contributed by atoms with Crippen LogP contribution in [-0.4, -0.2) is 60.1 Å². The highest BCUT2D eigenvalue weighted by Crippen LogP contribution is 2.17. The molecule has 1 aromatic heterocycles. The second-order valence-corrected chi connectivity index (χ2v) is 5.51. The Morgan fingerprint density at radius 1 is 0.850 bits per heavy atom. The molecule has 2 aliphatic heterocycles. The Morgan fingerprint density at radius 2 is 1.45 bits per heavy atom. The molecule has 0 N–H and O–H groups in total. The topological polar surface area (TPSA) is 39.7 Å². The lowest BCUT2D eigenvalue weighted by Gasteiger charge is -2.39. The summed E-state index contributed by atoms with van der Waals surface area (Å²) in [4.78, 5) is 22.8. The number of nitrogens with zero attached hydrogens (tertiary/aromatic N) is 4. The molecular weight excluding hydrogens is 252 g/mol. The van der Waals surface area contributed by atoms with E-state index >= 15 is 0 Å². The van der Waals surface area contributed by atoms with Crippen LogP contribution in [0.3, 0.4) is 0 Å². The summed E-state index contributed by atoms with van der Waals surface area (Å²) in [5.74, 6) is 0. The van der Waals surface area contributed by atoms with Gasteiger partial charge in [-0.1, -0.05) is 0 Å². The summed E-state index contributed by atoms with van der Waals surface area (Å²) < 4.78 is 0. The zero-order valence-corrected chi connectivity index (χ0v) is 11.9. The predicted molar refractivity (Wildman–Crippen MR) is 78.8 cm³/mol. The zero-order valence-electron chi connectivity index (χ0n) is 11.9. The smallest absolute Gasteiger partial charge is 0.320 e. The molecule has 0 radical (unpaired) electrons. The predicted octanol–water partition coefficient (Wildman–Crippen LogP) is 1.81. The van der Waals surface area contributed by atoms with Crippen LogP contribution >= 0.6 is 0 Å². The van der Waals surface area contributed by atoms with Gasteiger partial charge in [-0.05, 0) is 31.4 Å². The van der Waals surface area contributed by atoms with Crippen molar-refractivity contribution < 1.29 is 4.79 Å². The number of urea groups is 1. The maximum absolute atomic E-state index is 12.4. The summed E-state index contributed by atoms with van der Waals surface area (Å²) in [7, 11) is 0. The molecule has 0 aliphatic carbocycles. The average molecular weight is 274 g/mol. The Kier molecular flexibility index (Phi) is 4.04. The number of piperidine rings is 1. The van der Waals surface area contributed by atoms with E-state index in [-0.39, 0.29) is 6.03 Å². The van der Waals surface area contributed by atoms with Crippen molar-refractivity contribution in [3.05, 3.63) is 24.5 Å². The van der Waals surface area contributed by atoms with Crippen molar-refractivity contribution in [3.63, 3.8) is 0 Å². The Labute approximate surface area is 120 Å². The molecule has 0 spiro atoms. The van der Waals surface area contributed by atoms with E-state index in [1.807, 2.05) is 34.3 Å². The zero-order chi connectivity index (χ0) is 13.8. The first-order valence-corrected chi connectivity index (χ1v) is 7.53. The maximum atomic E-state index is 12.4. The third-order valence-corrected chi connectivity index (χ3v) is 4.20. The summed E-state index contributed by atoms with van der Waals surface area (Å²) in [5, 5.41) is 0. The van der Waals surface area contributed by atoms with E-state index < -0.39 is 0 Å². The van der Waals surface area contributed by atoms with Gasteiger partial charge in [0.2, 0.25) is 0 Å². The Morgan fingerprint density at radius 3 is 2.10 bits per heavy atom. The Balaban J connectivity index is 1.54. The van der Waals surface area contributed by atoms with Crippen LogP contribution in [-0.2, 0) is 0 Å². The van der Waals surface area contributed by atoms with E-state index in [0.29, 0.717) is 0 Å². The van der Waals surface area contributed by atoms with Gasteiger partial charge in [-0.2, -0.15) is 0 Å². The number of pyridine rings is 1. The molecule has 5 heteroatoms. The van der Waals surface area contributed by atoms with Crippen LogP contribution < -0.4 is 4.90 Å². The number of hydrogen-bond donors (Lipinski definition) is 0. The summed E-state index contributed by atoms with van der Waals surface area (Å²) in [5.41, 5.74) is 1.20. The molecule has 1 aromatic rings. The van der Waals surface area contributed by atoms with E-state index in [9.17, 15) is 4.79 Å². The number of carbonyl (C=O) groups is 1. The summed E-state index contributed by atoms with van der Waals surface area (Å²) in [6.07, 6.45) is 7.21. The quantitative estimate of drug-likeness (QED) is 0.784. The second-order valence-electron chi connectivity index (χ2n) is 5.51. The molecule has 0 aromatic carbocycles. The van der Waals surface area contributed by atoms with Crippen molar-refractivity contribution >= 4 is 11.7 Å². The molecule has 0 saturated carbocycles. The molecule has 0 unspecified atom stereocenters. The number of anilines is 1. The van der Waals surface area contributed by atoms with Crippen LogP contribution in [0.5, 0.6) is 0 Å². The molecule has 2 saturated heterocycles. The highest BCUT2D eigenvalue weighted by atomic mass is 16.2. The molecule has 3 rings (SSSR count). The van der Waals surface area contributed by atoms with Gasteiger partial charge in [0.15, 0.2) is 0 Å². The third-order valence-electron chi connectivity index (χ3n) is 4.20. The molecule has 108 valence electrons. The number of aromatic nitrogens is 1. The minimum Gasteiger partial charge on any atom is -0.368 e. The lowest BCUT2D eigenvalue weighted by atomic mass is 10.1. The lowest BCUT2D eigenvalue weighted by molar-refractivity contribution is 0.141. The average Bonchev–Trinajstić information content (AvgIpc) is 2.56. The normalized spacial score (nSPS) is 20.1. The van der Waals surface area contributed by atoms with Gasteiger partial charge in [0.1, 0.15) is 0 Å². The molecule has 5 nitrogen and oxygen atoms in total. The first kappa shape index (κ1) is 13.2. The van der Waals surface area contributed by atoms with Crippen LogP contribution in [0.2, 0.25) is 0 Å². The molecule has 2 aliphatic rings. The molecule has 0 atom stereocenters. The number of hydrogen-bond acceptors (Lipinski definition) is 3. The highest BCUT2D eigenvalue weighted by molar-refractivity contribution is 5.75. The van der Waals surface area contributed by atoms with Crippen LogP contribution in [0.25, 0.3) is 0 Å². The van der Waals surface area contributed by atoms with E-state index in [4.69, 9.17) is 0 Å². The van der Waals surface area contributed by atoms with E-state index in [1.54, 1.807) is 0 Å². The van der Waals surface area contributed by atoms with Crippen molar-refractivity contribution in [3.8, 4) is 0 Å². The fourth-order valence-electron chi connectivity index (χ4n) is 3.00. The first-order chi connectivity index (χ1) is 9.84. The summed E-state index contributed by atoms with van der Waals surface area (Å²) >= 11 is 0. The van der Waals surface area contributed by atoms with Crippen molar-refractivity contribution in [1.82, 2.24) is 14.8 Å². The van der Waals surface area contributed by atoms with Crippen molar-refractivity contribution in [1.29, 1.82) is 0 Å². The van der Waals surface area contributed by atoms with E-state index in [0.717, 1.165) is 52.1 Å². The van der Waals surface area contributed by atoms with Gasteiger partial charge in [-0.3, -0.25) is 4.98 Å². The highest BCUT2D eigenvalue weighted by Gasteiger charge is 2.26. The maximum Gasteiger partial charge on any atom is 0.320 e. The largest absolute Gasteiger partial charge is 0.368 e. The molecule has 2 amide bonds. The Bertz CT molecular complexity index is 436. The first-order valence-electron chi connectivity index (χ1n) is 7.53. The van der Waals surface area contributed by atoms with Crippen LogP contribution in [0.4, 0.5) is 10.5 Å². The molecule has 20 heavy (non-hydrogen) atoms.